The van der Waals surface area contributed by atoms with Crippen molar-refractivity contribution in [1.82, 2.24) is 10.6 Å². The zero-order valence-electron chi connectivity index (χ0n) is 12.6. The average molecular weight is 387 g/mol. The number of nitrogens with one attached hydrogen (secondary N) is 2. The molecule has 20 heavy (non-hydrogen) atoms. The number of rotatable bonds is 5. The zero-order valence-corrected chi connectivity index (χ0v) is 15.0. The predicted octanol–water partition coefficient (Wildman–Crippen LogP) is 3.16. The quantitative estimate of drug-likeness (QED) is 0.463. The van der Waals surface area contributed by atoms with E-state index in [1.165, 1.54) is 17.5 Å². The highest BCUT2D eigenvalue weighted by atomic mass is 127. The maximum absolute atomic E-state index is 4.59. The molecule has 0 aromatic heterocycles. The van der Waals surface area contributed by atoms with Crippen LogP contribution in [-0.4, -0.2) is 25.6 Å². The Balaban J connectivity index is 0.00000200. The van der Waals surface area contributed by atoms with E-state index < -0.39 is 0 Å². The van der Waals surface area contributed by atoms with Crippen molar-refractivity contribution in [1.29, 1.82) is 0 Å². The average Bonchev–Trinajstić information content (AvgIpc) is 2.36. The number of nitrogens with zero attached hydrogens (tertiary/aromatic N) is 1. The van der Waals surface area contributed by atoms with Crippen LogP contribution in [-0.2, 0) is 6.42 Å². The second kappa shape index (κ2) is 8.49. The van der Waals surface area contributed by atoms with E-state index in [4.69, 9.17) is 0 Å². The summed E-state index contributed by atoms with van der Waals surface area (Å²) in [6, 6.07) is 8.72. The van der Waals surface area contributed by atoms with Gasteiger partial charge in [0.2, 0.25) is 0 Å². The summed E-state index contributed by atoms with van der Waals surface area (Å²) in [5, 5.41) is 6.76. The second-order valence-electron chi connectivity index (χ2n) is 5.59. The molecule has 0 bridgehead atoms. The van der Waals surface area contributed by atoms with Gasteiger partial charge in [-0.1, -0.05) is 38.1 Å². The Bertz CT molecular complexity index is 443. The molecular weight excluding hydrogens is 361 g/mol. The van der Waals surface area contributed by atoms with Crippen molar-refractivity contribution in [2.24, 2.45) is 10.9 Å². The third-order valence-corrected chi connectivity index (χ3v) is 3.44. The predicted molar refractivity (Wildman–Crippen MR) is 97.1 cm³/mol. The normalized spacial score (nSPS) is 17.0. The van der Waals surface area contributed by atoms with Crippen LogP contribution in [0.2, 0.25) is 0 Å². The molecule has 2 N–H and O–H groups in total. The lowest BCUT2D eigenvalue weighted by Gasteiger charge is -2.30. The molecule has 0 aliphatic heterocycles. The molecule has 1 aliphatic carbocycles. The van der Waals surface area contributed by atoms with Crippen molar-refractivity contribution in [3.05, 3.63) is 35.4 Å². The third-order valence-electron chi connectivity index (χ3n) is 3.44. The van der Waals surface area contributed by atoms with Crippen molar-refractivity contribution < 1.29 is 0 Å². The molecule has 0 heterocycles. The van der Waals surface area contributed by atoms with Crippen LogP contribution in [0.4, 0.5) is 0 Å². The molecule has 0 radical (unpaired) electrons. The first-order chi connectivity index (χ1) is 9.20. The number of halogens is 1. The van der Waals surface area contributed by atoms with Gasteiger partial charge in [0.25, 0.3) is 0 Å². The van der Waals surface area contributed by atoms with Crippen molar-refractivity contribution in [3.63, 3.8) is 0 Å². The second-order valence-corrected chi connectivity index (χ2v) is 5.59. The molecule has 0 fully saturated rings. The van der Waals surface area contributed by atoms with Crippen LogP contribution in [0.1, 0.15) is 37.8 Å². The lowest BCUT2D eigenvalue weighted by Crippen LogP contribution is -2.41. The molecule has 0 amide bonds. The molecule has 4 heteroatoms. The lowest BCUT2D eigenvalue weighted by molar-refractivity contribution is 0.581. The van der Waals surface area contributed by atoms with Crippen LogP contribution < -0.4 is 10.6 Å². The smallest absolute Gasteiger partial charge is 0.191 e. The molecule has 1 aromatic rings. The van der Waals surface area contributed by atoms with Crippen LogP contribution >= 0.6 is 24.0 Å². The minimum absolute atomic E-state index is 0. The first-order valence-corrected chi connectivity index (χ1v) is 7.30. The number of fused-ring (bicyclic) bond motifs is 1. The first-order valence-electron chi connectivity index (χ1n) is 7.30. The molecule has 0 saturated carbocycles. The van der Waals surface area contributed by atoms with Gasteiger partial charge >= 0.3 is 0 Å². The van der Waals surface area contributed by atoms with Crippen molar-refractivity contribution in [2.45, 2.75) is 33.1 Å². The summed E-state index contributed by atoms with van der Waals surface area (Å²) in [5.74, 6) is 2.18. The monoisotopic (exact) mass is 387 g/mol. The van der Waals surface area contributed by atoms with E-state index in [1.54, 1.807) is 0 Å². The number of hydrogen-bond acceptors (Lipinski definition) is 1. The summed E-state index contributed by atoms with van der Waals surface area (Å²) in [5.41, 5.74) is 2.99. The zero-order chi connectivity index (χ0) is 13.7. The van der Waals surface area contributed by atoms with Gasteiger partial charge < -0.3 is 10.6 Å². The van der Waals surface area contributed by atoms with Gasteiger partial charge in [-0.15, -0.1) is 24.0 Å². The summed E-state index contributed by atoms with van der Waals surface area (Å²) in [7, 11) is 0. The third kappa shape index (κ3) is 4.65. The van der Waals surface area contributed by atoms with E-state index in [0.717, 1.165) is 25.6 Å². The van der Waals surface area contributed by atoms with Crippen LogP contribution in [0.25, 0.3) is 0 Å². The van der Waals surface area contributed by atoms with E-state index in [0.29, 0.717) is 11.8 Å². The summed E-state index contributed by atoms with van der Waals surface area (Å²) in [6.45, 7) is 9.23. The molecule has 1 aliphatic rings. The Kier molecular flexibility index (Phi) is 7.34. The Morgan fingerprint density at radius 2 is 2.05 bits per heavy atom. The molecular formula is C16H26IN3. The minimum atomic E-state index is 0. The first kappa shape index (κ1) is 17.3. The van der Waals surface area contributed by atoms with Gasteiger partial charge in [0.1, 0.15) is 0 Å². The molecule has 1 aromatic carbocycles. The Labute approximate surface area is 139 Å². The number of aliphatic imine (C=N–C) groups is 1. The topological polar surface area (TPSA) is 36.4 Å². The fourth-order valence-corrected chi connectivity index (χ4v) is 2.38. The fraction of sp³-hybridized carbons (Fsp3) is 0.562. The maximum Gasteiger partial charge on any atom is 0.191 e. The molecule has 112 valence electrons. The fourth-order valence-electron chi connectivity index (χ4n) is 2.38. The highest BCUT2D eigenvalue weighted by Crippen LogP contribution is 2.33. The minimum Gasteiger partial charge on any atom is -0.357 e. The SMILES string of the molecule is CCNC(=NCC(C)C)NCC1Cc2ccccc21.I. The van der Waals surface area contributed by atoms with Gasteiger partial charge in [-0.05, 0) is 30.4 Å². The van der Waals surface area contributed by atoms with E-state index in [-0.39, 0.29) is 24.0 Å². The van der Waals surface area contributed by atoms with Crippen LogP contribution in [0, 0.1) is 5.92 Å². The summed E-state index contributed by atoms with van der Waals surface area (Å²) in [6.07, 6.45) is 1.19. The summed E-state index contributed by atoms with van der Waals surface area (Å²) < 4.78 is 0. The molecule has 0 spiro atoms. The summed E-state index contributed by atoms with van der Waals surface area (Å²) >= 11 is 0. The molecule has 1 unspecified atom stereocenters. The summed E-state index contributed by atoms with van der Waals surface area (Å²) in [4.78, 5) is 4.59. The van der Waals surface area contributed by atoms with Gasteiger partial charge in [0.15, 0.2) is 5.96 Å². The van der Waals surface area contributed by atoms with Crippen molar-refractivity contribution in [2.75, 3.05) is 19.6 Å². The van der Waals surface area contributed by atoms with E-state index >= 15 is 0 Å². The van der Waals surface area contributed by atoms with Crippen LogP contribution in [0.3, 0.4) is 0 Å². The van der Waals surface area contributed by atoms with E-state index in [1.807, 2.05) is 0 Å². The van der Waals surface area contributed by atoms with Gasteiger partial charge in [0.05, 0.1) is 0 Å². The molecule has 3 nitrogen and oxygen atoms in total. The highest BCUT2D eigenvalue weighted by molar-refractivity contribution is 14.0. The lowest BCUT2D eigenvalue weighted by atomic mass is 9.78. The van der Waals surface area contributed by atoms with Gasteiger partial charge in [-0.25, -0.2) is 0 Å². The Morgan fingerprint density at radius 3 is 2.70 bits per heavy atom. The van der Waals surface area contributed by atoms with E-state index in [2.05, 4.69) is 60.7 Å². The highest BCUT2D eigenvalue weighted by Gasteiger charge is 2.25. The standard InChI is InChI=1S/C16H25N3.HI/c1-4-17-16(18-10-12(2)3)19-11-14-9-13-7-5-6-8-15(13)14;/h5-8,12,14H,4,9-11H2,1-3H3,(H2,17,18,19);1H. The van der Waals surface area contributed by atoms with Crippen LogP contribution in [0.15, 0.2) is 29.3 Å². The Hall–Kier alpha value is -0.780. The van der Waals surface area contributed by atoms with Crippen molar-refractivity contribution in [3.8, 4) is 0 Å². The van der Waals surface area contributed by atoms with Crippen LogP contribution in [0.5, 0.6) is 0 Å². The van der Waals surface area contributed by atoms with E-state index in [9.17, 15) is 0 Å². The Morgan fingerprint density at radius 1 is 1.30 bits per heavy atom. The number of hydrogen-bond donors (Lipinski definition) is 2. The number of benzene rings is 1. The van der Waals surface area contributed by atoms with Gasteiger partial charge in [-0.2, -0.15) is 0 Å². The van der Waals surface area contributed by atoms with Crippen molar-refractivity contribution >= 4 is 29.9 Å². The molecule has 0 saturated heterocycles. The van der Waals surface area contributed by atoms with Gasteiger partial charge in [-0.3, -0.25) is 4.99 Å². The molecule has 1 atom stereocenters. The largest absolute Gasteiger partial charge is 0.357 e. The number of guanidine groups is 1. The van der Waals surface area contributed by atoms with Gasteiger partial charge in [0, 0.05) is 25.6 Å². The molecule has 2 rings (SSSR count). The maximum atomic E-state index is 4.59.